The lowest BCUT2D eigenvalue weighted by molar-refractivity contribution is -0.143. The molecule has 176 valence electrons. The molecular formula is C25H30N2O6. The number of fused-ring (bicyclic) bond motifs is 3. The highest BCUT2D eigenvalue weighted by atomic mass is 16.5. The van der Waals surface area contributed by atoms with Gasteiger partial charge in [0.1, 0.15) is 18.7 Å². The number of carbonyl (C=O) groups excluding carboxylic acids is 2. The zero-order chi connectivity index (χ0) is 24.2. The lowest BCUT2D eigenvalue weighted by atomic mass is 9.87. The lowest BCUT2D eigenvalue weighted by Crippen LogP contribution is -2.53. The number of aliphatic hydroxyl groups is 1. The minimum Gasteiger partial charge on any atom is -0.480 e. The Morgan fingerprint density at radius 1 is 0.939 bits per heavy atom. The number of hydrogen-bond donors (Lipinski definition) is 4. The average molecular weight is 455 g/mol. The third kappa shape index (κ3) is 5.90. The first kappa shape index (κ1) is 24.3. The van der Waals surface area contributed by atoms with Gasteiger partial charge in [-0.05, 0) is 34.1 Å². The van der Waals surface area contributed by atoms with E-state index in [4.69, 9.17) is 9.84 Å². The Hall–Kier alpha value is -3.39. The quantitative estimate of drug-likeness (QED) is 0.486. The van der Waals surface area contributed by atoms with Crippen LogP contribution < -0.4 is 10.6 Å². The maximum atomic E-state index is 12.7. The van der Waals surface area contributed by atoms with E-state index in [1.54, 1.807) is 0 Å². The summed E-state index contributed by atoms with van der Waals surface area (Å²) in [5.41, 5.74) is 4.02. The molecule has 8 heteroatoms. The molecule has 0 aromatic heterocycles. The van der Waals surface area contributed by atoms with Gasteiger partial charge >= 0.3 is 12.1 Å². The minimum absolute atomic E-state index is 0.0953. The molecule has 2 amide bonds. The van der Waals surface area contributed by atoms with Gasteiger partial charge in [0.2, 0.25) is 5.91 Å². The van der Waals surface area contributed by atoms with Gasteiger partial charge in [0.05, 0.1) is 6.61 Å². The normalized spacial score (nSPS) is 14.5. The minimum atomic E-state index is -1.45. The Morgan fingerprint density at radius 2 is 1.48 bits per heavy atom. The number of carboxylic acids is 1. The summed E-state index contributed by atoms with van der Waals surface area (Å²) in [6, 6.07) is 13.5. The molecule has 8 nitrogen and oxygen atoms in total. The highest BCUT2D eigenvalue weighted by Crippen LogP contribution is 2.44. The number of carbonyl (C=O) groups is 3. The van der Waals surface area contributed by atoms with E-state index in [9.17, 15) is 19.5 Å². The fourth-order valence-corrected chi connectivity index (χ4v) is 4.06. The molecule has 2 aromatic rings. The molecule has 2 aromatic carbocycles. The molecule has 0 aliphatic heterocycles. The zero-order valence-corrected chi connectivity index (χ0v) is 19.0. The van der Waals surface area contributed by atoms with Crippen LogP contribution in [0.15, 0.2) is 48.5 Å². The highest BCUT2D eigenvalue weighted by molar-refractivity contribution is 5.89. The van der Waals surface area contributed by atoms with Crippen LogP contribution in [0.3, 0.4) is 0 Å². The number of hydrogen-bond acceptors (Lipinski definition) is 5. The largest absolute Gasteiger partial charge is 0.480 e. The Kier molecular flexibility index (Phi) is 7.38. The van der Waals surface area contributed by atoms with Gasteiger partial charge < -0.3 is 25.6 Å². The van der Waals surface area contributed by atoms with E-state index < -0.39 is 36.7 Å². The van der Waals surface area contributed by atoms with Crippen LogP contribution in [0, 0.1) is 5.41 Å². The van der Waals surface area contributed by atoms with Crippen LogP contribution in [0.2, 0.25) is 0 Å². The molecule has 0 radical (unpaired) electrons. The molecule has 4 N–H and O–H groups in total. The van der Waals surface area contributed by atoms with Gasteiger partial charge in [-0.3, -0.25) is 4.79 Å². The summed E-state index contributed by atoms with van der Waals surface area (Å²) in [5, 5.41) is 23.1. The number of amides is 2. The zero-order valence-electron chi connectivity index (χ0n) is 19.0. The number of benzene rings is 2. The molecule has 0 saturated carbocycles. The fourth-order valence-electron chi connectivity index (χ4n) is 4.06. The van der Waals surface area contributed by atoms with Gasteiger partial charge in [-0.15, -0.1) is 0 Å². The molecule has 0 saturated heterocycles. The summed E-state index contributed by atoms with van der Waals surface area (Å²) < 4.78 is 5.52. The molecule has 0 fully saturated rings. The number of ether oxygens (including phenoxy) is 1. The van der Waals surface area contributed by atoms with Crippen molar-refractivity contribution in [1.29, 1.82) is 0 Å². The second-order valence-corrected chi connectivity index (χ2v) is 9.37. The Bertz CT molecular complexity index is 984. The molecule has 1 aliphatic rings. The monoisotopic (exact) mass is 454 g/mol. The molecule has 0 bridgehead atoms. The van der Waals surface area contributed by atoms with Gasteiger partial charge in [-0.1, -0.05) is 69.3 Å². The van der Waals surface area contributed by atoms with Gasteiger partial charge in [0, 0.05) is 5.92 Å². The second-order valence-electron chi connectivity index (χ2n) is 9.37. The van der Waals surface area contributed by atoms with Gasteiger partial charge in [-0.2, -0.15) is 0 Å². The smallest absolute Gasteiger partial charge is 0.407 e. The van der Waals surface area contributed by atoms with Crippen molar-refractivity contribution in [2.45, 2.75) is 45.2 Å². The topological polar surface area (TPSA) is 125 Å². The summed E-state index contributed by atoms with van der Waals surface area (Å²) in [6.07, 6.45) is -0.516. The van der Waals surface area contributed by atoms with Crippen LogP contribution in [-0.4, -0.2) is 53.5 Å². The molecule has 33 heavy (non-hydrogen) atoms. The summed E-state index contributed by atoms with van der Waals surface area (Å²) in [7, 11) is 0. The number of nitrogens with one attached hydrogen (secondary N) is 2. The van der Waals surface area contributed by atoms with Gasteiger partial charge in [0.15, 0.2) is 0 Å². The Balaban J connectivity index is 1.69. The first-order valence-electron chi connectivity index (χ1n) is 10.9. The Labute approximate surface area is 193 Å². The third-order valence-corrected chi connectivity index (χ3v) is 5.57. The van der Waals surface area contributed by atoms with Crippen molar-refractivity contribution in [2.24, 2.45) is 5.41 Å². The van der Waals surface area contributed by atoms with E-state index in [2.05, 4.69) is 10.6 Å². The van der Waals surface area contributed by atoms with Crippen molar-refractivity contribution in [1.82, 2.24) is 10.6 Å². The first-order valence-corrected chi connectivity index (χ1v) is 10.9. The molecule has 2 unspecified atom stereocenters. The van der Waals surface area contributed by atoms with E-state index in [1.807, 2.05) is 69.3 Å². The van der Waals surface area contributed by atoms with E-state index in [0.717, 1.165) is 22.3 Å². The van der Waals surface area contributed by atoms with E-state index in [1.165, 1.54) is 0 Å². The van der Waals surface area contributed by atoms with E-state index >= 15 is 0 Å². The third-order valence-electron chi connectivity index (χ3n) is 5.57. The Morgan fingerprint density at radius 3 is 1.97 bits per heavy atom. The number of rotatable bonds is 8. The SMILES string of the molecule is CC(C)(C)CC(NC(=O)OCC1c2ccccc2-c2ccccc21)C(=O)NC(CO)C(=O)O. The summed E-state index contributed by atoms with van der Waals surface area (Å²) in [5.74, 6) is -2.18. The fraction of sp³-hybridized carbons (Fsp3) is 0.400. The second kappa shape index (κ2) is 10.0. The van der Waals surface area contributed by atoms with Crippen LogP contribution in [0.1, 0.15) is 44.2 Å². The molecular weight excluding hydrogens is 424 g/mol. The van der Waals surface area contributed by atoms with Crippen LogP contribution in [-0.2, 0) is 14.3 Å². The number of carboxylic acid groups (broad SMARTS) is 1. The maximum absolute atomic E-state index is 12.7. The summed E-state index contributed by atoms with van der Waals surface area (Å²) in [4.78, 5) is 36.5. The molecule has 0 heterocycles. The van der Waals surface area contributed by atoms with Crippen molar-refractivity contribution in [3.63, 3.8) is 0 Å². The first-order chi connectivity index (χ1) is 15.6. The predicted molar refractivity (Wildman–Crippen MR) is 123 cm³/mol. The van der Waals surface area contributed by atoms with Crippen molar-refractivity contribution >= 4 is 18.0 Å². The van der Waals surface area contributed by atoms with Crippen molar-refractivity contribution in [3.05, 3.63) is 59.7 Å². The van der Waals surface area contributed by atoms with Gasteiger partial charge in [-0.25, -0.2) is 9.59 Å². The van der Waals surface area contributed by atoms with Crippen molar-refractivity contribution in [2.75, 3.05) is 13.2 Å². The number of aliphatic hydroxyl groups excluding tert-OH is 1. The highest BCUT2D eigenvalue weighted by Gasteiger charge is 2.32. The predicted octanol–water partition coefficient (Wildman–Crippen LogP) is 2.89. The molecule has 2 atom stereocenters. The van der Waals surface area contributed by atoms with Gasteiger partial charge in [0.25, 0.3) is 0 Å². The maximum Gasteiger partial charge on any atom is 0.407 e. The van der Waals surface area contributed by atoms with E-state index in [-0.39, 0.29) is 24.4 Å². The average Bonchev–Trinajstić information content (AvgIpc) is 3.08. The van der Waals surface area contributed by atoms with Crippen LogP contribution >= 0.6 is 0 Å². The number of aliphatic carboxylic acids is 1. The summed E-state index contributed by atoms with van der Waals surface area (Å²) >= 11 is 0. The molecule has 1 aliphatic carbocycles. The molecule has 3 rings (SSSR count). The molecule has 0 spiro atoms. The van der Waals surface area contributed by atoms with Crippen LogP contribution in [0.25, 0.3) is 11.1 Å². The van der Waals surface area contributed by atoms with Crippen LogP contribution in [0.5, 0.6) is 0 Å². The summed E-state index contributed by atoms with van der Waals surface area (Å²) in [6.45, 7) is 5.03. The van der Waals surface area contributed by atoms with E-state index in [0.29, 0.717) is 0 Å². The number of alkyl carbamates (subject to hydrolysis) is 1. The van der Waals surface area contributed by atoms with Crippen molar-refractivity contribution < 1.29 is 29.3 Å². The standard InChI is InChI=1S/C25H30N2O6/c1-25(2,3)12-20(22(29)26-21(13-28)23(30)31)27-24(32)33-14-19-17-10-6-4-8-15(17)16-9-5-7-11-18(16)19/h4-11,19-21,28H,12-14H2,1-3H3,(H,26,29)(H,27,32)(H,30,31). The van der Waals surface area contributed by atoms with Crippen LogP contribution in [0.4, 0.5) is 4.79 Å². The van der Waals surface area contributed by atoms with Crippen molar-refractivity contribution in [3.8, 4) is 11.1 Å². The lowest BCUT2D eigenvalue weighted by Gasteiger charge is -2.27.